The Kier molecular flexibility index (Phi) is 4.83. The molecule has 7 heteroatoms. The summed E-state index contributed by atoms with van der Waals surface area (Å²) in [6.45, 7) is 0. The van der Waals surface area contributed by atoms with E-state index in [1.807, 2.05) is 0 Å². The number of benzene rings is 2. The molecule has 0 unspecified atom stereocenters. The predicted molar refractivity (Wildman–Crippen MR) is 90.6 cm³/mol. The minimum Gasteiger partial charge on any atom is -0.456 e. The van der Waals surface area contributed by atoms with Crippen molar-refractivity contribution in [1.82, 2.24) is 10.2 Å². The molecule has 2 aromatic carbocycles. The van der Waals surface area contributed by atoms with Gasteiger partial charge in [0.05, 0.1) is 10.7 Å². The zero-order valence-electron chi connectivity index (χ0n) is 12.2. The van der Waals surface area contributed by atoms with Crippen molar-refractivity contribution >= 4 is 23.2 Å². The maximum absolute atomic E-state index is 14.1. The van der Waals surface area contributed by atoms with E-state index in [0.29, 0.717) is 27.8 Å². The molecular weight excluding hydrogens is 354 g/mol. The van der Waals surface area contributed by atoms with Crippen molar-refractivity contribution in [2.45, 2.75) is 6.42 Å². The molecule has 1 heterocycles. The van der Waals surface area contributed by atoms with Gasteiger partial charge in [-0.2, -0.15) is 5.10 Å². The van der Waals surface area contributed by atoms with E-state index in [1.54, 1.807) is 24.3 Å². The van der Waals surface area contributed by atoms with Crippen LogP contribution in [-0.2, 0) is 6.42 Å². The molecule has 3 rings (SSSR count). The molecule has 1 aromatic heterocycles. The molecule has 0 saturated carbocycles. The molecule has 3 aromatic rings. The lowest BCUT2D eigenvalue weighted by atomic mass is 10.1. The van der Waals surface area contributed by atoms with Crippen LogP contribution in [0.3, 0.4) is 0 Å². The van der Waals surface area contributed by atoms with Gasteiger partial charge in [0.15, 0.2) is 0 Å². The van der Waals surface area contributed by atoms with E-state index in [9.17, 15) is 9.18 Å². The lowest BCUT2D eigenvalue weighted by molar-refractivity contribution is 0.479. The average Bonchev–Trinajstić information content (AvgIpc) is 2.54. The first-order chi connectivity index (χ1) is 11.5. The summed E-state index contributed by atoms with van der Waals surface area (Å²) < 4.78 is 19.8. The molecule has 0 aliphatic heterocycles. The second-order valence-corrected chi connectivity index (χ2v) is 5.87. The fraction of sp³-hybridized carbons (Fsp3) is 0.0588. The first-order valence-electron chi connectivity index (χ1n) is 6.97. The Balaban J connectivity index is 1.90. The second-order valence-electron chi connectivity index (χ2n) is 5.02. The Morgan fingerprint density at radius 1 is 1.12 bits per heavy atom. The van der Waals surface area contributed by atoms with Crippen molar-refractivity contribution in [2.24, 2.45) is 0 Å². The van der Waals surface area contributed by atoms with Crippen LogP contribution in [0.1, 0.15) is 11.3 Å². The number of aromatic amines is 1. The third-order valence-corrected chi connectivity index (χ3v) is 3.76. The molecule has 0 atom stereocenters. The minimum absolute atomic E-state index is 0.144. The Morgan fingerprint density at radius 3 is 2.67 bits per heavy atom. The second kappa shape index (κ2) is 7.03. The number of nitrogens with zero attached hydrogens (tertiary/aromatic N) is 1. The predicted octanol–water partition coefficient (Wildman–Crippen LogP) is 4.60. The van der Waals surface area contributed by atoms with Gasteiger partial charge in [-0.1, -0.05) is 29.3 Å². The largest absolute Gasteiger partial charge is 0.456 e. The van der Waals surface area contributed by atoms with Gasteiger partial charge in [-0.05, 0) is 42.0 Å². The third kappa shape index (κ3) is 3.93. The molecule has 0 amide bonds. The van der Waals surface area contributed by atoms with Crippen LogP contribution < -0.4 is 10.3 Å². The summed E-state index contributed by atoms with van der Waals surface area (Å²) in [6, 6.07) is 12.4. The van der Waals surface area contributed by atoms with Crippen LogP contribution >= 0.6 is 23.2 Å². The smallest absolute Gasteiger partial charge is 0.264 e. The van der Waals surface area contributed by atoms with Gasteiger partial charge in [-0.15, -0.1) is 0 Å². The highest BCUT2D eigenvalue weighted by atomic mass is 35.5. The number of aromatic nitrogens is 2. The van der Waals surface area contributed by atoms with Crippen LogP contribution in [0.25, 0.3) is 0 Å². The Labute approximate surface area is 146 Å². The summed E-state index contributed by atoms with van der Waals surface area (Å²) in [5.41, 5.74) is 0.542. The topological polar surface area (TPSA) is 55.0 Å². The van der Waals surface area contributed by atoms with Crippen LogP contribution in [0.2, 0.25) is 10.0 Å². The first kappa shape index (κ1) is 16.5. The average molecular weight is 365 g/mol. The minimum atomic E-state index is -0.480. The normalized spacial score (nSPS) is 10.6. The number of nitrogens with one attached hydrogen (secondary N) is 1. The van der Waals surface area contributed by atoms with Crippen molar-refractivity contribution in [3.8, 4) is 11.5 Å². The molecule has 0 radical (unpaired) electrons. The van der Waals surface area contributed by atoms with Gasteiger partial charge >= 0.3 is 0 Å². The van der Waals surface area contributed by atoms with E-state index in [4.69, 9.17) is 27.9 Å². The summed E-state index contributed by atoms with van der Waals surface area (Å²) in [7, 11) is 0. The van der Waals surface area contributed by atoms with E-state index in [0.717, 1.165) is 0 Å². The molecule has 1 N–H and O–H groups in total. The van der Waals surface area contributed by atoms with Crippen LogP contribution in [0.4, 0.5) is 4.39 Å². The van der Waals surface area contributed by atoms with E-state index < -0.39 is 5.82 Å². The lowest BCUT2D eigenvalue weighted by Crippen LogP contribution is -2.08. The molecule has 0 spiro atoms. The highest BCUT2D eigenvalue weighted by molar-refractivity contribution is 6.32. The van der Waals surface area contributed by atoms with Gasteiger partial charge in [0.2, 0.25) is 0 Å². The zero-order chi connectivity index (χ0) is 17.1. The summed E-state index contributed by atoms with van der Waals surface area (Å²) in [6.07, 6.45) is 0.186. The zero-order valence-corrected chi connectivity index (χ0v) is 13.7. The van der Waals surface area contributed by atoms with Crippen molar-refractivity contribution in [2.75, 3.05) is 0 Å². The van der Waals surface area contributed by atoms with Gasteiger partial charge in [-0.25, -0.2) is 9.49 Å². The number of ether oxygens (including phenoxy) is 1. The van der Waals surface area contributed by atoms with Crippen molar-refractivity contribution in [1.29, 1.82) is 0 Å². The summed E-state index contributed by atoms with van der Waals surface area (Å²) in [4.78, 5) is 11.0. The molecule has 122 valence electrons. The van der Waals surface area contributed by atoms with E-state index >= 15 is 0 Å². The molecule has 24 heavy (non-hydrogen) atoms. The third-order valence-electron chi connectivity index (χ3n) is 3.23. The van der Waals surface area contributed by atoms with E-state index in [2.05, 4.69) is 10.2 Å². The number of rotatable bonds is 4. The molecule has 0 fully saturated rings. The fourth-order valence-electron chi connectivity index (χ4n) is 2.11. The van der Waals surface area contributed by atoms with Crippen LogP contribution in [0.5, 0.6) is 11.5 Å². The Bertz CT molecular complexity index is 924. The van der Waals surface area contributed by atoms with E-state index in [1.165, 1.54) is 24.3 Å². The van der Waals surface area contributed by atoms with Crippen LogP contribution in [0, 0.1) is 5.82 Å². The molecule has 0 bridgehead atoms. The lowest BCUT2D eigenvalue weighted by Gasteiger charge is -2.11. The number of hydrogen-bond acceptors (Lipinski definition) is 3. The molecule has 0 aliphatic carbocycles. The Hall–Kier alpha value is -2.37. The van der Waals surface area contributed by atoms with Gasteiger partial charge in [-0.3, -0.25) is 4.79 Å². The Morgan fingerprint density at radius 2 is 1.96 bits per heavy atom. The number of halogens is 3. The summed E-state index contributed by atoms with van der Waals surface area (Å²) in [5.74, 6) is 0.315. The molecule has 4 nitrogen and oxygen atoms in total. The standard InChI is InChI=1S/C17H11Cl2FN2O2/c18-11-2-1-3-13(8-11)24-16-7-10(15(20)9-14(16)19)6-12-4-5-17(23)22-21-12/h1-5,7-9H,6H2,(H,22,23). The van der Waals surface area contributed by atoms with Crippen molar-refractivity contribution < 1.29 is 9.13 Å². The highest BCUT2D eigenvalue weighted by Gasteiger charge is 2.12. The van der Waals surface area contributed by atoms with Gasteiger partial charge in [0.25, 0.3) is 5.56 Å². The maximum atomic E-state index is 14.1. The molecular formula is C17H11Cl2FN2O2. The summed E-state index contributed by atoms with van der Waals surface area (Å²) >= 11 is 12.0. The highest BCUT2D eigenvalue weighted by Crippen LogP contribution is 2.33. The first-order valence-corrected chi connectivity index (χ1v) is 7.73. The quantitative estimate of drug-likeness (QED) is 0.735. The van der Waals surface area contributed by atoms with Crippen LogP contribution in [-0.4, -0.2) is 10.2 Å². The fourth-order valence-corrected chi connectivity index (χ4v) is 2.48. The van der Waals surface area contributed by atoms with Crippen molar-refractivity contribution in [3.63, 3.8) is 0 Å². The maximum Gasteiger partial charge on any atom is 0.264 e. The monoisotopic (exact) mass is 364 g/mol. The van der Waals surface area contributed by atoms with Crippen LogP contribution in [0.15, 0.2) is 53.3 Å². The van der Waals surface area contributed by atoms with Gasteiger partial charge < -0.3 is 4.74 Å². The SMILES string of the molecule is O=c1ccc(Cc2cc(Oc3cccc(Cl)c3)c(Cl)cc2F)n[nH]1. The van der Waals surface area contributed by atoms with Gasteiger partial charge in [0, 0.05) is 17.5 Å². The van der Waals surface area contributed by atoms with Gasteiger partial charge in [0.1, 0.15) is 17.3 Å². The summed E-state index contributed by atoms with van der Waals surface area (Å²) in [5, 5.41) is 6.84. The van der Waals surface area contributed by atoms with E-state index in [-0.39, 0.29) is 17.0 Å². The molecule has 0 aliphatic rings. The number of H-pyrrole nitrogens is 1. The molecule has 0 saturated heterocycles. The number of hydrogen-bond donors (Lipinski definition) is 1. The van der Waals surface area contributed by atoms with Crippen molar-refractivity contribution in [3.05, 3.63) is 86.0 Å².